The van der Waals surface area contributed by atoms with Crippen molar-refractivity contribution in [3.8, 4) is 11.6 Å². The van der Waals surface area contributed by atoms with Crippen LogP contribution in [0, 0.1) is 0 Å². The molecule has 176 valence electrons. The smallest absolute Gasteiger partial charge is 0.264 e. The number of carbonyl (C=O) groups is 1. The molecule has 0 radical (unpaired) electrons. The first-order valence-corrected chi connectivity index (χ1v) is 12.9. The van der Waals surface area contributed by atoms with Gasteiger partial charge in [0.15, 0.2) is 16.7 Å². The Labute approximate surface area is 201 Å². The van der Waals surface area contributed by atoms with E-state index in [1.807, 2.05) is 17.6 Å². The molecule has 0 atom stereocenters. The van der Waals surface area contributed by atoms with Crippen molar-refractivity contribution < 1.29 is 17.6 Å². The molecule has 0 saturated carbocycles. The van der Waals surface area contributed by atoms with Crippen molar-refractivity contribution in [2.75, 3.05) is 22.4 Å². The Morgan fingerprint density at radius 1 is 1.09 bits per heavy atom. The summed E-state index contributed by atoms with van der Waals surface area (Å²) in [5, 5.41) is 11.7. The molecule has 4 rings (SSSR count). The van der Waals surface area contributed by atoms with Crippen molar-refractivity contribution in [2.45, 2.75) is 23.5 Å². The van der Waals surface area contributed by atoms with Crippen molar-refractivity contribution in [1.29, 1.82) is 0 Å². The Morgan fingerprint density at radius 3 is 2.59 bits per heavy atom. The number of hydrogen-bond acceptors (Lipinski definition) is 7. The fraction of sp³-hybridized carbons (Fsp3) is 0.174. The van der Waals surface area contributed by atoms with Crippen LogP contribution < -0.4 is 9.62 Å². The first kappa shape index (κ1) is 23.6. The van der Waals surface area contributed by atoms with E-state index >= 15 is 0 Å². The minimum Gasteiger partial charge on any atom is -0.461 e. The van der Waals surface area contributed by atoms with Crippen molar-refractivity contribution >= 4 is 39.1 Å². The number of nitrogens with zero attached hydrogens (tertiary/aromatic N) is 4. The normalized spacial score (nSPS) is 11.4. The number of furan rings is 1. The Kier molecular flexibility index (Phi) is 7.03. The summed E-state index contributed by atoms with van der Waals surface area (Å²) in [7, 11) is -2.29. The van der Waals surface area contributed by atoms with Crippen LogP contribution in [0.4, 0.5) is 11.4 Å². The SMILES string of the molecule is CCn1c(SCC(=O)Nc2cccc(S(=O)(=O)N(C)c3ccccc3)c2)nnc1-c1ccco1. The van der Waals surface area contributed by atoms with Crippen LogP contribution in [0.15, 0.2) is 87.5 Å². The topological polar surface area (TPSA) is 110 Å². The van der Waals surface area contributed by atoms with Gasteiger partial charge in [-0.15, -0.1) is 10.2 Å². The van der Waals surface area contributed by atoms with Gasteiger partial charge in [0, 0.05) is 19.3 Å². The molecule has 2 heterocycles. The number of thioether (sulfide) groups is 1. The standard InChI is InChI=1S/C23H23N5O4S2/c1-3-28-22(20-13-8-14-32-20)25-26-23(28)33-16-21(29)24-17-9-7-12-19(15-17)34(30,31)27(2)18-10-5-4-6-11-18/h4-15H,3,16H2,1-2H3,(H,24,29). The largest absolute Gasteiger partial charge is 0.461 e. The number of amides is 1. The second-order valence-electron chi connectivity index (χ2n) is 7.20. The van der Waals surface area contributed by atoms with Gasteiger partial charge in [0.1, 0.15) is 0 Å². The van der Waals surface area contributed by atoms with E-state index in [4.69, 9.17) is 4.42 Å². The molecule has 34 heavy (non-hydrogen) atoms. The van der Waals surface area contributed by atoms with Crippen LogP contribution in [-0.2, 0) is 21.4 Å². The predicted octanol–water partition coefficient (Wildman–Crippen LogP) is 4.11. The number of carbonyl (C=O) groups excluding carboxylic acids is 1. The molecular weight excluding hydrogens is 474 g/mol. The summed E-state index contributed by atoms with van der Waals surface area (Å²) in [5.41, 5.74) is 0.934. The van der Waals surface area contributed by atoms with Crippen LogP contribution in [0.5, 0.6) is 0 Å². The molecule has 0 aliphatic carbocycles. The molecule has 2 aromatic carbocycles. The average Bonchev–Trinajstić information content (AvgIpc) is 3.52. The molecule has 4 aromatic rings. The highest BCUT2D eigenvalue weighted by Gasteiger charge is 2.22. The third-order valence-corrected chi connectivity index (χ3v) is 7.75. The lowest BCUT2D eigenvalue weighted by Gasteiger charge is -2.19. The van der Waals surface area contributed by atoms with E-state index in [0.29, 0.717) is 34.7 Å². The molecule has 0 aliphatic heterocycles. The lowest BCUT2D eigenvalue weighted by molar-refractivity contribution is -0.113. The first-order chi connectivity index (χ1) is 16.4. The molecule has 11 heteroatoms. The van der Waals surface area contributed by atoms with Crippen LogP contribution in [0.1, 0.15) is 6.92 Å². The third-order valence-electron chi connectivity index (χ3n) is 5.00. The second kappa shape index (κ2) is 10.1. The van der Waals surface area contributed by atoms with Crippen LogP contribution in [0.25, 0.3) is 11.6 Å². The van der Waals surface area contributed by atoms with Crippen molar-refractivity contribution in [3.63, 3.8) is 0 Å². The molecule has 0 bridgehead atoms. The number of rotatable bonds is 9. The summed E-state index contributed by atoms with van der Waals surface area (Å²) in [6.07, 6.45) is 1.57. The Morgan fingerprint density at radius 2 is 1.88 bits per heavy atom. The molecule has 9 nitrogen and oxygen atoms in total. The Balaban J connectivity index is 1.43. The molecule has 2 aromatic heterocycles. The summed E-state index contributed by atoms with van der Waals surface area (Å²) in [5.74, 6) is 0.984. The number of benzene rings is 2. The maximum Gasteiger partial charge on any atom is 0.264 e. The maximum atomic E-state index is 13.0. The van der Waals surface area contributed by atoms with E-state index < -0.39 is 10.0 Å². The van der Waals surface area contributed by atoms with E-state index in [0.717, 1.165) is 0 Å². The number of sulfonamides is 1. The van der Waals surface area contributed by atoms with Crippen molar-refractivity contribution in [2.24, 2.45) is 0 Å². The van der Waals surface area contributed by atoms with Gasteiger partial charge in [-0.25, -0.2) is 8.42 Å². The van der Waals surface area contributed by atoms with Gasteiger partial charge in [-0.2, -0.15) is 0 Å². The van der Waals surface area contributed by atoms with Gasteiger partial charge < -0.3 is 9.73 Å². The summed E-state index contributed by atoms with van der Waals surface area (Å²) in [6, 6.07) is 18.5. The van der Waals surface area contributed by atoms with E-state index in [-0.39, 0.29) is 16.6 Å². The number of para-hydroxylation sites is 1. The number of anilines is 2. The molecule has 0 aliphatic rings. The van der Waals surface area contributed by atoms with Crippen molar-refractivity contribution in [3.05, 3.63) is 73.0 Å². The fourth-order valence-electron chi connectivity index (χ4n) is 3.26. The van der Waals surface area contributed by atoms with Crippen LogP contribution >= 0.6 is 11.8 Å². The number of nitrogens with one attached hydrogen (secondary N) is 1. The zero-order chi connectivity index (χ0) is 24.1. The van der Waals surface area contributed by atoms with Crippen molar-refractivity contribution in [1.82, 2.24) is 14.8 Å². The summed E-state index contributed by atoms with van der Waals surface area (Å²) < 4.78 is 34.5. The van der Waals surface area contributed by atoms with Gasteiger partial charge in [0.2, 0.25) is 5.91 Å². The van der Waals surface area contributed by atoms with Gasteiger partial charge in [-0.1, -0.05) is 36.0 Å². The van der Waals surface area contributed by atoms with Crippen LogP contribution in [0.3, 0.4) is 0 Å². The fourth-order valence-corrected chi connectivity index (χ4v) is 5.31. The average molecular weight is 498 g/mol. The molecule has 0 unspecified atom stereocenters. The first-order valence-electron chi connectivity index (χ1n) is 10.4. The second-order valence-corrected chi connectivity index (χ2v) is 10.1. The van der Waals surface area contributed by atoms with E-state index in [1.54, 1.807) is 54.8 Å². The molecule has 0 spiro atoms. The molecule has 0 saturated heterocycles. The lowest BCUT2D eigenvalue weighted by Crippen LogP contribution is -2.26. The van der Waals surface area contributed by atoms with Gasteiger partial charge in [-0.05, 0) is 49.4 Å². The highest BCUT2D eigenvalue weighted by Crippen LogP contribution is 2.26. The third kappa shape index (κ3) is 5.00. The predicted molar refractivity (Wildman–Crippen MR) is 131 cm³/mol. The Bertz CT molecular complexity index is 1370. The van der Waals surface area contributed by atoms with Crippen LogP contribution in [-0.4, -0.2) is 41.9 Å². The number of aromatic nitrogens is 3. The van der Waals surface area contributed by atoms with Crippen LogP contribution in [0.2, 0.25) is 0 Å². The summed E-state index contributed by atoms with van der Waals surface area (Å²) in [4.78, 5) is 12.7. The maximum absolute atomic E-state index is 13.0. The highest BCUT2D eigenvalue weighted by atomic mass is 32.2. The van der Waals surface area contributed by atoms with Gasteiger partial charge >= 0.3 is 0 Å². The van der Waals surface area contributed by atoms with Gasteiger partial charge in [0.25, 0.3) is 10.0 Å². The summed E-state index contributed by atoms with van der Waals surface area (Å²) >= 11 is 1.24. The molecule has 0 fully saturated rings. The van der Waals surface area contributed by atoms with E-state index in [1.165, 1.54) is 35.2 Å². The summed E-state index contributed by atoms with van der Waals surface area (Å²) in [6.45, 7) is 2.57. The lowest BCUT2D eigenvalue weighted by atomic mass is 10.3. The van der Waals surface area contributed by atoms with E-state index in [2.05, 4.69) is 15.5 Å². The highest BCUT2D eigenvalue weighted by molar-refractivity contribution is 7.99. The zero-order valence-electron chi connectivity index (χ0n) is 18.6. The van der Waals surface area contributed by atoms with E-state index in [9.17, 15) is 13.2 Å². The molecule has 1 N–H and O–H groups in total. The Hall–Kier alpha value is -3.57. The minimum absolute atomic E-state index is 0.0805. The monoisotopic (exact) mass is 497 g/mol. The quantitative estimate of drug-likeness (QED) is 0.346. The van der Waals surface area contributed by atoms with Gasteiger partial charge in [0.05, 0.1) is 22.6 Å². The zero-order valence-corrected chi connectivity index (χ0v) is 20.2. The number of hydrogen-bond donors (Lipinski definition) is 1. The van der Waals surface area contributed by atoms with Gasteiger partial charge in [-0.3, -0.25) is 13.7 Å². The molecule has 1 amide bonds. The minimum atomic E-state index is -3.79. The molecular formula is C23H23N5O4S2.